The Hall–Kier alpha value is -2.54. The van der Waals surface area contributed by atoms with Gasteiger partial charge in [0.05, 0.1) is 19.0 Å². The fraction of sp³-hybridized carbons (Fsp3) is 0.647. The SMILES string of the molecule is CCNC(=O)OCC1OC(n2cnc3c(NC4CCOC4)ncnc32)C(O)C1O. The molecule has 5 atom stereocenters. The summed E-state index contributed by atoms with van der Waals surface area (Å²) in [4.78, 5) is 24.3. The van der Waals surface area contributed by atoms with E-state index in [1.807, 2.05) is 0 Å². The summed E-state index contributed by atoms with van der Waals surface area (Å²) in [5.41, 5.74) is 0.967. The molecule has 12 heteroatoms. The first kappa shape index (κ1) is 19.8. The van der Waals surface area contributed by atoms with E-state index in [9.17, 15) is 15.0 Å². The minimum Gasteiger partial charge on any atom is -0.447 e. The number of hydrogen-bond acceptors (Lipinski definition) is 10. The Morgan fingerprint density at radius 1 is 1.34 bits per heavy atom. The Morgan fingerprint density at radius 2 is 2.21 bits per heavy atom. The largest absolute Gasteiger partial charge is 0.447 e. The minimum atomic E-state index is -1.25. The summed E-state index contributed by atoms with van der Waals surface area (Å²) in [6.45, 7) is 3.27. The zero-order valence-corrected chi connectivity index (χ0v) is 15.9. The molecule has 4 rings (SSSR count). The highest BCUT2D eigenvalue weighted by atomic mass is 16.6. The van der Waals surface area contributed by atoms with Crippen LogP contribution in [-0.2, 0) is 14.2 Å². The normalized spacial score (nSPS) is 29.3. The van der Waals surface area contributed by atoms with Gasteiger partial charge in [-0.2, -0.15) is 0 Å². The van der Waals surface area contributed by atoms with Gasteiger partial charge in [0.1, 0.15) is 31.2 Å². The van der Waals surface area contributed by atoms with Crippen molar-refractivity contribution in [3.05, 3.63) is 12.7 Å². The molecule has 0 radical (unpaired) electrons. The van der Waals surface area contributed by atoms with Crippen molar-refractivity contribution in [1.29, 1.82) is 0 Å². The molecule has 2 saturated heterocycles. The predicted octanol–water partition coefficient (Wildman–Crippen LogP) is -0.608. The number of fused-ring (bicyclic) bond motifs is 1. The molecule has 4 N–H and O–H groups in total. The van der Waals surface area contributed by atoms with Gasteiger partial charge in [-0.3, -0.25) is 4.57 Å². The number of anilines is 1. The van der Waals surface area contributed by atoms with Gasteiger partial charge in [-0.05, 0) is 13.3 Å². The van der Waals surface area contributed by atoms with Gasteiger partial charge in [-0.25, -0.2) is 19.7 Å². The third-order valence-electron chi connectivity index (χ3n) is 4.94. The van der Waals surface area contributed by atoms with Crippen LogP contribution in [0.25, 0.3) is 11.2 Å². The van der Waals surface area contributed by atoms with Crippen LogP contribution < -0.4 is 10.6 Å². The quantitative estimate of drug-likeness (QED) is 0.487. The standard InChI is InChI=1S/C17H24N6O6/c1-2-18-17(26)28-6-10-12(24)13(25)16(29-10)23-8-21-11-14(19-7-20-15(11)23)22-9-3-4-27-5-9/h7-10,12-13,16,24-25H,2-6H2,1H3,(H,18,26)(H,19,20,22). The lowest BCUT2D eigenvalue weighted by atomic mass is 10.1. The Balaban J connectivity index is 1.51. The summed E-state index contributed by atoms with van der Waals surface area (Å²) < 4.78 is 17.7. The van der Waals surface area contributed by atoms with Crippen LogP contribution >= 0.6 is 0 Å². The Bertz CT molecular complexity index is 856. The van der Waals surface area contributed by atoms with Gasteiger partial charge in [-0.1, -0.05) is 0 Å². The zero-order valence-electron chi connectivity index (χ0n) is 15.9. The van der Waals surface area contributed by atoms with Crippen LogP contribution in [0, 0.1) is 0 Å². The van der Waals surface area contributed by atoms with E-state index in [0.29, 0.717) is 36.7 Å². The molecule has 2 aliphatic heterocycles. The lowest BCUT2D eigenvalue weighted by Crippen LogP contribution is -2.35. The van der Waals surface area contributed by atoms with Crippen molar-refractivity contribution in [3.63, 3.8) is 0 Å². The third-order valence-corrected chi connectivity index (χ3v) is 4.94. The Kier molecular flexibility index (Phi) is 5.76. The lowest BCUT2D eigenvalue weighted by molar-refractivity contribution is -0.0532. The Labute approximate surface area is 166 Å². The highest BCUT2D eigenvalue weighted by Crippen LogP contribution is 2.32. The van der Waals surface area contributed by atoms with Gasteiger partial charge in [0.25, 0.3) is 0 Å². The van der Waals surface area contributed by atoms with Crippen molar-refractivity contribution in [2.24, 2.45) is 0 Å². The molecule has 4 heterocycles. The number of carbonyl (C=O) groups excluding carboxylic acids is 1. The molecule has 0 aromatic carbocycles. The molecule has 0 saturated carbocycles. The average molecular weight is 408 g/mol. The molecule has 29 heavy (non-hydrogen) atoms. The van der Waals surface area contributed by atoms with Gasteiger partial charge < -0.3 is 35.1 Å². The van der Waals surface area contributed by atoms with Gasteiger partial charge in [0.2, 0.25) is 0 Å². The number of ether oxygens (including phenoxy) is 3. The number of carbonyl (C=O) groups is 1. The maximum absolute atomic E-state index is 11.5. The van der Waals surface area contributed by atoms with Crippen molar-refractivity contribution in [2.75, 3.05) is 31.7 Å². The number of nitrogens with zero attached hydrogens (tertiary/aromatic N) is 4. The number of aliphatic hydroxyl groups is 2. The summed E-state index contributed by atoms with van der Waals surface area (Å²) in [6.07, 6.45) is -1.17. The molecule has 2 aliphatic rings. The second kappa shape index (κ2) is 8.45. The van der Waals surface area contributed by atoms with Crippen LogP contribution in [0.3, 0.4) is 0 Å². The van der Waals surface area contributed by atoms with Gasteiger partial charge in [0.15, 0.2) is 23.2 Å². The number of aromatic nitrogens is 4. The number of alkyl carbamates (subject to hydrolysis) is 1. The molecule has 12 nitrogen and oxygen atoms in total. The fourth-order valence-electron chi connectivity index (χ4n) is 3.44. The first-order valence-electron chi connectivity index (χ1n) is 9.52. The van der Waals surface area contributed by atoms with Crippen LogP contribution in [0.2, 0.25) is 0 Å². The van der Waals surface area contributed by atoms with Crippen LogP contribution in [0.15, 0.2) is 12.7 Å². The van der Waals surface area contributed by atoms with Crippen LogP contribution in [0.4, 0.5) is 10.6 Å². The number of hydrogen-bond donors (Lipinski definition) is 4. The molecule has 5 unspecified atom stereocenters. The van der Waals surface area contributed by atoms with Crippen molar-refractivity contribution in [3.8, 4) is 0 Å². The van der Waals surface area contributed by atoms with Gasteiger partial charge in [-0.15, -0.1) is 0 Å². The molecular formula is C17H24N6O6. The number of nitrogens with one attached hydrogen (secondary N) is 2. The zero-order chi connectivity index (χ0) is 20.4. The molecular weight excluding hydrogens is 384 g/mol. The molecule has 0 spiro atoms. The first-order valence-corrected chi connectivity index (χ1v) is 9.52. The number of imidazole rings is 1. The minimum absolute atomic E-state index is 0.143. The van der Waals surface area contributed by atoms with E-state index in [-0.39, 0.29) is 12.6 Å². The molecule has 2 aromatic rings. The summed E-state index contributed by atoms with van der Waals surface area (Å²) >= 11 is 0. The molecule has 0 bridgehead atoms. The maximum atomic E-state index is 11.5. The van der Waals surface area contributed by atoms with Gasteiger partial charge >= 0.3 is 6.09 Å². The topological polar surface area (TPSA) is 153 Å². The molecule has 0 aliphatic carbocycles. The second-order valence-corrected chi connectivity index (χ2v) is 6.93. The summed E-state index contributed by atoms with van der Waals surface area (Å²) in [7, 11) is 0. The van der Waals surface area contributed by atoms with Crippen molar-refractivity contribution < 1.29 is 29.2 Å². The third kappa shape index (κ3) is 3.96. The van der Waals surface area contributed by atoms with E-state index in [1.165, 1.54) is 17.2 Å². The van der Waals surface area contributed by atoms with Crippen molar-refractivity contribution >= 4 is 23.1 Å². The van der Waals surface area contributed by atoms with E-state index < -0.39 is 30.6 Å². The summed E-state index contributed by atoms with van der Waals surface area (Å²) in [6, 6.07) is 0.143. The monoisotopic (exact) mass is 408 g/mol. The Morgan fingerprint density at radius 3 is 2.97 bits per heavy atom. The highest BCUT2D eigenvalue weighted by molar-refractivity contribution is 5.82. The summed E-state index contributed by atoms with van der Waals surface area (Å²) in [5.74, 6) is 0.563. The van der Waals surface area contributed by atoms with E-state index in [4.69, 9.17) is 14.2 Å². The van der Waals surface area contributed by atoms with E-state index in [0.717, 1.165) is 6.42 Å². The van der Waals surface area contributed by atoms with E-state index in [2.05, 4.69) is 25.6 Å². The molecule has 2 aromatic heterocycles. The first-order chi connectivity index (χ1) is 14.1. The fourth-order valence-corrected chi connectivity index (χ4v) is 3.44. The molecule has 158 valence electrons. The number of rotatable bonds is 6. The second-order valence-electron chi connectivity index (χ2n) is 6.93. The van der Waals surface area contributed by atoms with Crippen LogP contribution in [0.5, 0.6) is 0 Å². The predicted molar refractivity (Wildman–Crippen MR) is 99.1 cm³/mol. The maximum Gasteiger partial charge on any atom is 0.407 e. The van der Waals surface area contributed by atoms with Crippen molar-refractivity contribution in [2.45, 2.75) is 43.9 Å². The van der Waals surface area contributed by atoms with E-state index >= 15 is 0 Å². The lowest BCUT2D eigenvalue weighted by Gasteiger charge is -2.17. The smallest absolute Gasteiger partial charge is 0.407 e. The van der Waals surface area contributed by atoms with Gasteiger partial charge in [0, 0.05) is 13.2 Å². The molecule has 1 amide bonds. The van der Waals surface area contributed by atoms with Crippen LogP contribution in [-0.4, -0.2) is 86.5 Å². The highest BCUT2D eigenvalue weighted by Gasteiger charge is 2.45. The number of aliphatic hydroxyl groups excluding tert-OH is 2. The van der Waals surface area contributed by atoms with Crippen molar-refractivity contribution in [1.82, 2.24) is 24.8 Å². The van der Waals surface area contributed by atoms with E-state index in [1.54, 1.807) is 6.92 Å². The number of amides is 1. The van der Waals surface area contributed by atoms with Crippen LogP contribution in [0.1, 0.15) is 19.6 Å². The molecule has 2 fully saturated rings. The average Bonchev–Trinajstić information content (AvgIpc) is 3.43. The summed E-state index contributed by atoms with van der Waals surface area (Å²) in [5, 5.41) is 26.6.